The molecule has 224 valence electrons. The van der Waals surface area contributed by atoms with Crippen LogP contribution in [-0.2, 0) is 12.8 Å². The average Bonchev–Trinajstić information content (AvgIpc) is 3.33. The first-order chi connectivity index (χ1) is 21.7. The Kier molecular flexibility index (Phi) is 8.95. The lowest BCUT2D eigenvalue weighted by molar-refractivity contribution is 0.339. The Hall–Kier alpha value is -3.28. The van der Waals surface area contributed by atoms with Gasteiger partial charge in [0, 0.05) is 33.9 Å². The monoisotopic (exact) mass is 620 g/mol. The lowest BCUT2D eigenvalue weighted by atomic mass is 9.76. The summed E-state index contributed by atoms with van der Waals surface area (Å²) in [5.74, 6) is 0.996. The Balaban J connectivity index is 0.000000142. The molecule has 2 aliphatic carbocycles. The van der Waals surface area contributed by atoms with Crippen LogP contribution in [-0.4, -0.2) is 36.1 Å². The van der Waals surface area contributed by atoms with E-state index in [2.05, 4.69) is 59.2 Å². The van der Waals surface area contributed by atoms with Gasteiger partial charge in [-0.3, -0.25) is 9.97 Å². The molecule has 6 heteroatoms. The highest BCUT2D eigenvalue weighted by Crippen LogP contribution is 2.42. The number of aryl methyl sites for hydroxylation is 2. The van der Waals surface area contributed by atoms with Gasteiger partial charge in [0.2, 0.25) is 0 Å². The van der Waals surface area contributed by atoms with Crippen molar-refractivity contribution in [1.82, 2.24) is 20.6 Å². The molecule has 8 rings (SSSR count). The fourth-order valence-corrected chi connectivity index (χ4v) is 7.77. The summed E-state index contributed by atoms with van der Waals surface area (Å²) >= 11 is 12.4. The maximum Gasteiger partial charge on any atom is 0.0739 e. The van der Waals surface area contributed by atoms with Crippen LogP contribution in [0.25, 0.3) is 17.7 Å². The molecule has 0 bridgehead atoms. The van der Waals surface area contributed by atoms with Gasteiger partial charge in [0.1, 0.15) is 0 Å². The van der Waals surface area contributed by atoms with E-state index in [4.69, 9.17) is 33.2 Å². The summed E-state index contributed by atoms with van der Waals surface area (Å²) in [7, 11) is 0. The standard InChI is InChI=1S/2C19H19ClN2/c2*20-16-5-6-17-15(12-16)4-3-14-2-1-9-22-19(14)18(17)13-7-10-21-11-8-13/h1-2,5-6,9,12,21H,3-4,7-8,10-11H2;1-6,9,12-13,18,21H,7-8,10-11H2. The van der Waals surface area contributed by atoms with Crippen LogP contribution in [0.15, 0.2) is 78.6 Å². The van der Waals surface area contributed by atoms with Gasteiger partial charge >= 0.3 is 0 Å². The number of benzene rings is 2. The van der Waals surface area contributed by atoms with Crippen molar-refractivity contribution in [3.63, 3.8) is 0 Å². The van der Waals surface area contributed by atoms with Crippen molar-refractivity contribution in [1.29, 1.82) is 0 Å². The van der Waals surface area contributed by atoms with E-state index in [1.54, 1.807) is 0 Å². The van der Waals surface area contributed by atoms with E-state index in [1.807, 2.05) is 36.7 Å². The van der Waals surface area contributed by atoms with Crippen LogP contribution in [0.4, 0.5) is 0 Å². The van der Waals surface area contributed by atoms with Crippen molar-refractivity contribution < 1.29 is 0 Å². The smallest absolute Gasteiger partial charge is 0.0739 e. The van der Waals surface area contributed by atoms with E-state index in [-0.39, 0.29) is 0 Å². The van der Waals surface area contributed by atoms with E-state index in [1.165, 1.54) is 68.8 Å². The van der Waals surface area contributed by atoms with Crippen LogP contribution in [0, 0.1) is 5.92 Å². The molecule has 0 spiro atoms. The fraction of sp³-hybridized carbons (Fsp3) is 0.316. The number of rotatable bonds is 1. The minimum atomic E-state index is 0.362. The van der Waals surface area contributed by atoms with E-state index in [0.29, 0.717) is 11.8 Å². The second kappa shape index (κ2) is 13.4. The van der Waals surface area contributed by atoms with Gasteiger partial charge in [0.15, 0.2) is 0 Å². The molecule has 0 amide bonds. The third-order valence-electron chi connectivity index (χ3n) is 9.54. The van der Waals surface area contributed by atoms with Gasteiger partial charge < -0.3 is 10.6 Å². The lowest BCUT2D eigenvalue weighted by Gasteiger charge is -2.31. The highest BCUT2D eigenvalue weighted by Gasteiger charge is 2.31. The van der Waals surface area contributed by atoms with Crippen LogP contribution in [0.3, 0.4) is 0 Å². The van der Waals surface area contributed by atoms with Gasteiger partial charge in [-0.1, -0.05) is 65.2 Å². The second-order valence-electron chi connectivity index (χ2n) is 12.2. The number of halogens is 2. The average molecular weight is 622 g/mol. The first kappa shape index (κ1) is 29.4. The molecule has 2 N–H and O–H groups in total. The summed E-state index contributed by atoms with van der Waals surface area (Å²) in [5.41, 5.74) is 13.2. The third kappa shape index (κ3) is 6.14. The number of hydrogen-bond donors (Lipinski definition) is 2. The van der Waals surface area contributed by atoms with Crippen molar-refractivity contribution in [2.75, 3.05) is 26.2 Å². The Morgan fingerprint density at radius 3 is 2.23 bits per heavy atom. The van der Waals surface area contributed by atoms with Gasteiger partial charge in [-0.2, -0.15) is 0 Å². The molecule has 0 saturated carbocycles. The predicted molar refractivity (Wildman–Crippen MR) is 183 cm³/mol. The molecule has 4 aromatic rings. The third-order valence-corrected chi connectivity index (χ3v) is 10.0. The summed E-state index contributed by atoms with van der Waals surface area (Å²) in [6.45, 7) is 4.31. The number of fused-ring (bicyclic) bond motifs is 4. The number of hydrogen-bond acceptors (Lipinski definition) is 4. The maximum absolute atomic E-state index is 6.23. The number of piperidine rings is 2. The second-order valence-corrected chi connectivity index (χ2v) is 13.1. The van der Waals surface area contributed by atoms with E-state index in [0.717, 1.165) is 61.9 Å². The Bertz CT molecular complexity index is 1710. The summed E-state index contributed by atoms with van der Waals surface area (Å²) in [5, 5.41) is 8.54. The molecule has 4 nitrogen and oxygen atoms in total. The Labute approximate surface area is 270 Å². The molecule has 2 aromatic heterocycles. The van der Waals surface area contributed by atoms with Gasteiger partial charge in [-0.15, -0.1) is 0 Å². The number of pyridine rings is 2. The summed E-state index contributed by atoms with van der Waals surface area (Å²) in [6, 6.07) is 21.1. The van der Waals surface area contributed by atoms with Gasteiger partial charge in [-0.25, -0.2) is 0 Å². The molecule has 44 heavy (non-hydrogen) atoms. The van der Waals surface area contributed by atoms with E-state index in [9.17, 15) is 0 Å². The molecule has 2 aliphatic heterocycles. The molecule has 4 heterocycles. The molecule has 0 radical (unpaired) electrons. The van der Waals surface area contributed by atoms with Gasteiger partial charge in [0.25, 0.3) is 0 Å². The van der Waals surface area contributed by atoms with Crippen LogP contribution in [0.2, 0.25) is 10.0 Å². The van der Waals surface area contributed by atoms with Crippen molar-refractivity contribution in [3.05, 3.63) is 133 Å². The summed E-state index contributed by atoms with van der Waals surface area (Å²) in [4.78, 5) is 9.50. The SMILES string of the molecule is Clc1ccc2c(c1)C=Cc1cccnc1C2C1CCNCC1.Clc1ccc2c(c1)CCc1cccnc1C2=C1CCNCC1. The maximum atomic E-state index is 6.23. The summed E-state index contributed by atoms with van der Waals surface area (Å²) < 4.78 is 0. The fourth-order valence-electron chi connectivity index (χ4n) is 7.40. The highest BCUT2D eigenvalue weighted by atomic mass is 35.5. The van der Waals surface area contributed by atoms with Gasteiger partial charge in [0.05, 0.1) is 11.4 Å². The molecule has 2 saturated heterocycles. The molecule has 4 aliphatic rings. The Morgan fingerprint density at radius 2 is 1.36 bits per heavy atom. The van der Waals surface area contributed by atoms with Crippen LogP contribution in [0.1, 0.15) is 76.4 Å². The molecular formula is C38H38Cl2N4. The quantitative estimate of drug-likeness (QED) is 0.224. The molecule has 1 unspecified atom stereocenters. The number of nitrogens with one attached hydrogen (secondary N) is 2. The number of nitrogens with zero attached hydrogens (tertiary/aromatic N) is 2. The van der Waals surface area contributed by atoms with E-state index >= 15 is 0 Å². The Morgan fingerprint density at radius 1 is 0.659 bits per heavy atom. The van der Waals surface area contributed by atoms with Crippen molar-refractivity contribution in [2.24, 2.45) is 5.92 Å². The zero-order chi connectivity index (χ0) is 29.9. The normalized spacial score (nSPS) is 19.4. The van der Waals surface area contributed by atoms with E-state index < -0.39 is 0 Å². The topological polar surface area (TPSA) is 49.8 Å². The highest BCUT2D eigenvalue weighted by molar-refractivity contribution is 6.31. The number of aromatic nitrogens is 2. The molecule has 1 atom stereocenters. The lowest BCUT2D eigenvalue weighted by Crippen LogP contribution is -2.31. The first-order valence-corrected chi connectivity index (χ1v) is 16.7. The van der Waals surface area contributed by atoms with Crippen LogP contribution >= 0.6 is 23.2 Å². The van der Waals surface area contributed by atoms with Gasteiger partial charge in [-0.05, 0) is 140 Å². The van der Waals surface area contributed by atoms with Crippen LogP contribution < -0.4 is 10.6 Å². The zero-order valence-corrected chi connectivity index (χ0v) is 26.5. The first-order valence-electron chi connectivity index (χ1n) is 15.9. The largest absolute Gasteiger partial charge is 0.317 e. The summed E-state index contributed by atoms with van der Waals surface area (Å²) in [6.07, 6.45) is 14.9. The van der Waals surface area contributed by atoms with Crippen molar-refractivity contribution in [2.45, 2.75) is 44.4 Å². The van der Waals surface area contributed by atoms with Crippen molar-refractivity contribution >= 4 is 40.9 Å². The predicted octanol–water partition coefficient (Wildman–Crippen LogP) is 8.37. The molecule has 2 fully saturated rings. The van der Waals surface area contributed by atoms with Crippen LogP contribution in [0.5, 0.6) is 0 Å². The molecular weight excluding hydrogens is 583 g/mol. The minimum Gasteiger partial charge on any atom is -0.317 e. The van der Waals surface area contributed by atoms with Crippen molar-refractivity contribution in [3.8, 4) is 0 Å². The minimum absolute atomic E-state index is 0.362. The molecule has 2 aromatic carbocycles. The zero-order valence-electron chi connectivity index (χ0n) is 25.0.